The van der Waals surface area contributed by atoms with Gasteiger partial charge in [0.25, 0.3) is 0 Å². The average Bonchev–Trinajstić information content (AvgIpc) is 2.97. The number of pyridine rings is 2. The summed E-state index contributed by atoms with van der Waals surface area (Å²) in [6.45, 7) is 2.02. The molecule has 1 saturated carbocycles. The summed E-state index contributed by atoms with van der Waals surface area (Å²) in [5, 5.41) is 16.1. The second-order valence-electron chi connectivity index (χ2n) is 9.72. The Kier molecular flexibility index (Phi) is 7.99. The van der Waals surface area contributed by atoms with E-state index in [2.05, 4.69) is 30.5 Å². The van der Waals surface area contributed by atoms with Crippen LogP contribution >= 0.6 is 0 Å². The number of hydrogen-bond acceptors (Lipinski definition) is 10. The summed E-state index contributed by atoms with van der Waals surface area (Å²) in [7, 11) is 1.44. The molecule has 1 aliphatic heterocycles. The smallest absolute Gasteiger partial charge is 0.407 e. The van der Waals surface area contributed by atoms with Crippen molar-refractivity contribution >= 4 is 35.2 Å². The van der Waals surface area contributed by atoms with Gasteiger partial charge in [-0.05, 0) is 43.9 Å². The summed E-state index contributed by atoms with van der Waals surface area (Å²) in [6.07, 6.45) is 9.03. The maximum Gasteiger partial charge on any atom is 0.407 e. The monoisotopic (exact) mass is 532 g/mol. The van der Waals surface area contributed by atoms with Gasteiger partial charge in [0.15, 0.2) is 0 Å². The topological polar surface area (TPSA) is 146 Å². The molecule has 1 saturated heterocycles. The van der Waals surface area contributed by atoms with Crippen molar-refractivity contribution in [1.82, 2.24) is 24.8 Å². The zero-order valence-electron chi connectivity index (χ0n) is 21.8. The number of anilines is 4. The Bertz CT molecular complexity index is 1290. The van der Waals surface area contributed by atoms with Gasteiger partial charge >= 0.3 is 12.1 Å². The first-order valence-electron chi connectivity index (χ1n) is 13.1. The van der Waals surface area contributed by atoms with Gasteiger partial charge in [-0.25, -0.2) is 19.7 Å². The highest BCUT2D eigenvalue weighted by Crippen LogP contribution is 2.31. The number of aromatic nitrogens is 4. The van der Waals surface area contributed by atoms with E-state index in [1.54, 1.807) is 24.8 Å². The Hall–Kier alpha value is -4.48. The molecule has 3 aromatic heterocycles. The lowest BCUT2D eigenvalue weighted by molar-refractivity contribution is -0.146. The molecule has 0 atom stereocenters. The number of rotatable bonds is 7. The van der Waals surface area contributed by atoms with Gasteiger partial charge in [-0.15, -0.1) is 0 Å². The Balaban J connectivity index is 1.37. The van der Waals surface area contributed by atoms with Crippen LogP contribution in [0.2, 0.25) is 0 Å². The first-order valence-corrected chi connectivity index (χ1v) is 13.1. The van der Waals surface area contributed by atoms with Crippen LogP contribution < -0.4 is 15.5 Å². The Morgan fingerprint density at radius 3 is 2.46 bits per heavy atom. The molecule has 12 heteroatoms. The van der Waals surface area contributed by atoms with Gasteiger partial charge in [-0.1, -0.05) is 0 Å². The summed E-state index contributed by atoms with van der Waals surface area (Å²) in [5.74, 6) is 1.81. The van der Waals surface area contributed by atoms with E-state index >= 15 is 0 Å². The van der Waals surface area contributed by atoms with E-state index in [1.165, 1.54) is 12.0 Å². The van der Waals surface area contributed by atoms with Gasteiger partial charge in [0, 0.05) is 68.1 Å². The molecular formula is C27H32N8O4. The van der Waals surface area contributed by atoms with E-state index in [0.717, 1.165) is 48.4 Å². The molecule has 204 valence electrons. The molecule has 2 aliphatic rings. The molecule has 1 amide bonds. The normalized spacial score (nSPS) is 19.3. The number of carboxylic acid groups (broad SMARTS) is 1. The number of nitrogens with one attached hydrogen (secondary N) is 2. The highest BCUT2D eigenvalue weighted by Gasteiger charge is 2.27. The van der Waals surface area contributed by atoms with Gasteiger partial charge in [0.1, 0.15) is 17.5 Å². The molecule has 4 heterocycles. The van der Waals surface area contributed by atoms with Crippen molar-refractivity contribution in [3.8, 4) is 11.3 Å². The zero-order chi connectivity index (χ0) is 27.2. The van der Waals surface area contributed by atoms with Crippen LogP contribution in [0.15, 0.2) is 49.1 Å². The van der Waals surface area contributed by atoms with E-state index in [1.807, 2.05) is 24.3 Å². The first kappa shape index (κ1) is 26.1. The fraction of sp³-hybridized carbons (Fsp3) is 0.407. The lowest BCUT2D eigenvalue weighted by Crippen LogP contribution is -2.48. The standard InChI is InChI=1S/C27H32N8O4/c1-39-26(36)18-2-4-20(5-3-18)31-21-15-22(32-23(16-21)33-24-17-28-8-9-29-24)19-6-7-30-25(14-19)34-10-12-35(13-11-34)27(37)38/h6-9,14-18,20H,2-5,10-13H2,1H3,(H,37,38)(H2,29,31,32,33). The van der Waals surface area contributed by atoms with E-state index in [9.17, 15) is 14.7 Å². The highest BCUT2D eigenvalue weighted by atomic mass is 16.5. The molecule has 0 aromatic carbocycles. The van der Waals surface area contributed by atoms with Crippen LogP contribution in [0.4, 0.5) is 27.9 Å². The quantitative estimate of drug-likeness (QED) is 0.384. The molecule has 0 unspecified atom stereocenters. The summed E-state index contributed by atoms with van der Waals surface area (Å²) >= 11 is 0. The van der Waals surface area contributed by atoms with Crippen LogP contribution in [0.3, 0.4) is 0 Å². The molecule has 39 heavy (non-hydrogen) atoms. The largest absolute Gasteiger partial charge is 0.469 e. The lowest BCUT2D eigenvalue weighted by atomic mass is 9.86. The van der Waals surface area contributed by atoms with E-state index in [-0.39, 0.29) is 17.9 Å². The number of ether oxygens (including phenoxy) is 1. The number of carbonyl (C=O) groups excluding carboxylic acids is 1. The number of amides is 1. The van der Waals surface area contributed by atoms with Crippen molar-refractivity contribution in [2.75, 3.05) is 48.8 Å². The summed E-state index contributed by atoms with van der Waals surface area (Å²) in [4.78, 5) is 44.5. The minimum absolute atomic E-state index is 0.0393. The van der Waals surface area contributed by atoms with Crippen molar-refractivity contribution < 1.29 is 19.4 Å². The second-order valence-corrected chi connectivity index (χ2v) is 9.72. The minimum atomic E-state index is -0.896. The predicted octanol–water partition coefficient (Wildman–Crippen LogP) is 3.62. The van der Waals surface area contributed by atoms with Crippen LogP contribution in [0.5, 0.6) is 0 Å². The molecule has 5 rings (SSSR count). The fourth-order valence-corrected chi connectivity index (χ4v) is 5.07. The van der Waals surface area contributed by atoms with Crippen LogP contribution in [-0.4, -0.2) is 81.3 Å². The molecular weight excluding hydrogens is 500 g/mol. The Morgan fingerprint density at radius 1 is 0.974 bits per heavy atom. The summed E-state index contributed by atoms with van der Waals surface area (Å²) in [5.41, 5.74) is 2.55. The zero-order valence-corrected chi connectivity index (χ0v) is 21.8. The van der Waals surface area contributed by atoms with Crippen molar-refractivity contribution in [2.24, 2.45) is 5.92 Å². The minimum Gasteiger partial charge on any atom is -0.469 e. The van der Waals surface area contributed by atoms with E-state index in [0.29, 0.717) is 37.8 Å². The average molecular weight is 533 g/mol. The number of piperazine rings is 1. The van der Waals surface area contributed by atoms with Crippen molar-refractivity contribution in [3.05, 3.63) is 49.1 Å². The van der Waals surface area contributed by atoms with Crippen molar-refractivity contribution in [2.45, 2.75) is 31.7 Å². The molecule has 3 N–H and O–H groups in total. The van der Waals surface area contributed by atoms with Gasteiger partial charge in [0.2, 0.25) is 0 Å². The first-order chi connectivity index (χ1) is 19.0. The maximum absolute atomic E-state index is 11.9. The summed E-state index contributed by atoms with van der Waals surface area (Å²) in [6, 6.07) is 8.07. The number of esters is 1. The van der Waals surface area contributed by atoms with Crippen LogP contribution in [0.1, 0.15) is 25.7 Å². The predicted molar refractivity (Wildman–Crippen MR) is 146 cm³/mol. The highest BCUT2D eigenvalue weighted by molar-refractivity contribution is 5.73. The number of carbonyl (C=O) groups is 2. The van der Waals surface area contributed by atoms with Crippen molar-refractivity contribution in [1.29, 1.82) is 0 Å². The number of nitrogens with zero attached hydrogens (tertiary/aromatic N) is 6. The van der Waals surface area contributed by atoms with E-state index < -0.39 is 6.09 Å². The third-order valence-corrected chi connectivity index (χ3v) is 7.19. The van der Waals surface area contributed by atoms with Gasteiger partial charge in [-0.2, -0.15) is 0 Å². The Labute approximate surface area is 226 Å². The number of hydrogen-bond donors (Lipinski definition) is 3. The van der Waals surface area contributed by atoms with Crippen molar-refractivity contribution in [3.63, 3.8) is 0 Å². The second kappa shape index (κ2) is 11.9. The van der Waals surface area contributed by atoms with Crippen LogP contribution in [-0.2, 0) is 9.53 Å². The molecule has 12 nitrogen and oxygen atoms in total. The SMILES string of the molecule is COC(=O)C1CCC(Nc2cc(Nc3cnccn3)nc(-c3ccnc(N4CCN(C(=O)O)CC4)c3)c2)CC1. The van der Waals surface area contributed by atoms with Gasteiger partial charge in [-0.3, -0.25) is 9.78 Å². The molecule has 1 aliphatic carbocycles. The maximum atomic E-state index is 11.9. The van der Waals surface area contributed by atoms with Gasteiger partial charge in [0.05, 0.1) is 24.9 Å². The molecule has 0 bridgehead atoms. The third kappa shape index (κ3) is 6.51. The fourth-order valence-electron chi connectivity index (χ4n) is 5.07. The van der Waals surface area contributed by atoms with Crippen LogP contribution in [0.25, 0.3) is 11.3 Å². The Morgan fingerprint density at radius 2 is 1.77 bits per heavy atom. The number of methoxy groups -OCH3 is 1. The molecule has 3 aromatic rings. The summed E-state index contributed by atoms with van der Waals surface area (Å²) < 4.78 is 4.93. The van der Waals surface area contributed by atoms with Crippen LogP contribution in [0, 0.1) is 5.92 Å². The molecule has 0 spiro atoms. The van der Waals surface area contributed by atoms with E-state index in [4.69, 9.17) is 9.72 Å². The molecule has 2 fully saturated rings. The molecule has 0 radical (unpaired) electrons. The van der Waals surface area contributed by atoms with Gasteiger partial charge < -0.3 is 30.3 Å². The lowest BCUT2D eigenvalue weighted by Gasteiger charge is -2.34. The third-order valence-electron chi connectivity index (χ3n) is 7.19.